The summed E-state index contributed by atoms with van der Waals surface area (Å²) in [5, 5.41) is 1.76. The second kappa shape index (κ2) is 7.53. The zero-order chi connectivity index (χ0) is 19.4. The number of carbonyl (C=O) groups is 2. The second-order valence-electron chi connectivity index (χ2n) is 5.63. The van der Waals surface area contributed by atoms with Crippen LogP contribution in [0.3, 0.4) is 0 Å². The number of carbonyl (C=O) groups excluding carboxylic acids is 2. The van der Waals surface area contributed by atoms with Gasteiger partial charge in [-0.2, -0.15) is 13.2 Å². The lowest BCUT2D eigenvalue weighted by molar-refractivity contribution is -0.167. The van der Waals surface area contributed by atoms with Crippen molar-refractivity contribution < 1.29 is 32.2 Å². The molecule has 0 aliphatic carbocycles. The second-order valence-corrected chi connectivity index (χ2v) is 5.63. The number of anilines is 1. The molecule has 5 nitrogen and oxygen atoms in total. The van der Waals surface area contributed by atoms with E-state index in [2.05, 4.69) is 0 Å². The molecule has 0 radical (unpaired) electrons. The maximum Gasteiger partial charge on any atom is 0.471 e. The van der Waals surface area contributed by atoms with Gasteiger partial charge in [-0.25, -0.2) is 0 Å². The van der Waals surface area contributed by atoms with Crippen LogP contribution >= 0.6 is 0 Å². The molecular weight excluding hydrogens is 363 g/mol. The third-order valence-corrected chi connectivity index (χ3v) is 3.66. The Morgan fingerprint density at radius 2 is 1.74 bits per heavy atom. The number of benzene rings is 2. The molecule has 27 heavy (non-hydrogen) atoms. The number of fused-ring (bicyclic) bond motifs is 1. The van der Waals surface area contributed by atoms with Crippen molar-refractivity contribution in [2.24, 2.45) is 0 Å². The van der Waals surface area contributed by atoms with Crippen molar-refractivity contribution >= 4 is 23.5 Å². The largest absolute Gasteiger partial charge is 0.486 e. The maximum absolute atomic E-state index is 12.3. The van der Waals surface area contributed by atoms with Crippen LogP contribution in [0.2, 0.25) is 0 Å². The molecular formula is C19H14F3NO4. The van der Waals surface area contributed by atoms with Gasteiger partial charge in [-0.15, -0.1) is 0 Å². The predicted octanol–water partition coefficient (Wildman–Crippen LogP) is 3.85. The van der Waals surface area contributed by atoms with E-state index < -0.39 is 12.1 Å². The number of amides is 1. The molecule has 0 atom stereocenters. The van der Waals surface area contributed by atoms with E-state index in [1.54, 1.807) is 29.6 Å². The Kier molecular flexibility index (Phi) is 5.16. The minimum atomic E-state index is -4.97. The summed E-state index contributed by atoms with van der Waals surface area (Å²) < 4.78 is 47.7. The number of hydrogen-bond donors (Lipinski definition) is 1. The van der Waals surface area contributed by atoms with Crippen molar-refractivity contribution in [2.45, 2.75) is 6.18 Å². The van der Waals surface area contributed by atoms with Crippen LogP contribution in [0.1, 0.15) is 15.9 Å². The number of halogens is 3. The highest BCUT2D eigenvalue weighted by Gasteiger charge is 2.38. The van der Waals surface area contributed by atoms with Gasteiger partial charge in [0.25, 0.3) is 0 Å². The molecule has 1 aliphatic heterocycles. The lowest BCUT2D eigenvalue weighted by Crippen LogP contribution is -2.29. The average molecular weight is 377 g/mol. The topological polar surface area (TPSA) is 64.6 Å². The normalized spacial score (nSPS) is 13.4. The highest BCUT2D eigenvalue weighted by atomic mass is 19.4. The minimum absolute atomic E-state index is 0.0220. The van der Waals surface area contributed by atoms with Crippen molar-refractivity contribution in [3.8, 4) is 11.5 Å². The molecule has 1 amide bonds. The first-order valence-electron chi connectivity index (χ1n) is 7.93. The highest BCUT2D eigenvalue weighted by molar-refractivity contribution is 6.07. The SMILES string of the molecule is O=C(/C=C/c1cccc(NC(=O)C(F)(F)F)c1)c1ccc2c(c1)OCCO2. The summed E-state index contributed by atoms with van der Waals surface area (Å²) in [5.41, 5.74) is 0.823. The van der Waals surface area contributed by atoms with Crippen LogP contribution < -0.4 is 14.8 Å². The van der Waals surface area contributed by atoms with Crippen LogP contribution in [0.4, 0.5) is 18.9 Å². The van der Waals surface area contributed by atoms with Gasteiger partial charge in [-0.1, -0.05) is 18.2 Å². The third kappa shape index (κ3) is 4.66. The summed E-state index contributed by atoms with van der Waals surface area (Å²) in [6.45, 7) is 0.846. The molecule has 0 spiro atoms. The molecule has 0 unspecified atom stereocenters. The van der Waals surface area contributed by atoms with Crippen molar-refractivity contribution in [3.05, 3.63) is 59.7 Å². The van der Waals surface area contributed by atoms with Gasteiger partial charge in [-0.05, 0) is 42.0 Å². The molecule has 1 N–H and O–H groups in total. The zero-order valence-corrected chi connectivity index (χ0v) is 13.9. The Labute approximate surface area is 152 Å². The van der Waals surface area contributed by atoms with Crippen molar-refractivity contribution in [1.29, 1.82) is 0 Å². The van der Waals surface area contributed by atoms with Crippen LogP contribution in [0.5, 0.6) is 11.5 Å². The first-order valence-corrected chi connectivity index (χ1v) is 7.93. The number of nitrogens with one attached hydrogen (secondary N) is 1. The summed E-state index contributed by atoms with van der Waals surface area (Å²) >= 11 is 0. The van der Waals surface area contributed by atoms with E-state index in [0.717, 1.165) is 0 Å². The molecule has 3 rings (SSSR count). The first kappa shape index (κ1) is 18.5. The standard InChI is InChI=1S/C19H14F3NO4/c20-19(21,22)18(25)23-14-3-1-2-12(10-14)4-6-15(24)13-5-7-16-17(11-13)27-9-8-26-16/h1-7,10-11H,8-9H2,(H,23,25)/b6-4+. The summed E-state index contributed by atoms with van der Waals surface area (Å²) in [5.74, 6) is -1.32. The van der Waals surface area contributed by atoms with E-state index in [-0.39, 0.29) is 11.5 Å². The Hall–Kier alpha value is -3.29. The van der Waals surface area contributed by atoms with Crippen molar-refractivity contribution in [1.82, 2.24) is 0 Å². The van der Waals surface area contributed by atoms with Gasteiger partial charge in [0.15, 0.2) is 17.3 Å². The van der Waals surface area contributed by atoms with E-state index in [1.165, 1.54) is 30.4 Å². The van der Waals surface area contributed by atoms with Crippen molar-refractivity contribution in [3.63, 3.8) is 0 Å². The van der Waals surface area contributed by atoms with Gasteiger partial charge in [0.1, 0.15) is 13.2 Å². The fourth-order valence-electron chi connectivity index (χ4n) is 2.39. The highest BCUT2D eigenvalue weighted by Crippen LogP contribution is 2.31. The first-order chi connectivity index (χ1) is 12.8. The number of ketones is 1. The van der Waals surface area contributed by atoms with E-state index in [9.17, 15) is 22.8 Å². The summed E-state index contributed by atoms with van der Waals surface area (Å²) in [7, 11) is 0. The molecule has 2 aromatic rings. The Bertz CT molecular complexity index is 906. The van der Waals surface area contributed by atoms with Crippen LogP contribution in [-0.2, 0) is 4.79 Å². The Morgan fingerprint density at radius 3 is 2.48 bits per heavy atom. The average Bonchev–Trinajstić information content (AvgIpc) is 2.65. The smallest absolute Gasteiger partial charge is 0.471 e. The third-order valence-electron chi connectivity index (χ3n) is 3.66. The Balaban J connectivity index is 1.71. The number of alkyl halides is 3. The van der Waals surface area contributed by atoms with E-state index in [1.807, 2.05) is 0 Å². The molecule has 2 aromatic carbocycles. The molecule has 140 valence electrons. The van der Waals surface area contributed by atoms with Crippen LogP contribution in [0.15, 0.2) is 48.5 Å². The van der Waals surface area contributed by atoms with Gasteiger partial charge in [0.05, 0.1) is 0 Å². The number of ether oxygens (including phenoxy) is 2. The molecule has 0 fully saturated rings. The molecule has 8 heteroatoms. The van der Waals surface area contributed by atoms with E-state index in [4.69, 9.17) is 9.47 Å². The van der Waals surface area contributed by atoms with Gasteiger partial charge >= 0.3 is 12.1 Å². The summed E-state index contributed by atoms with van der Waals surface area (Å²) in [6, 6.07) is 10.5. The van der Waals surface area contributed by atoms with Gasteiger partial charge in [-0.3, -0.25) is 9.59 Å². The van der Waals surface area contributed by atoms with Crippen molar-refractivity contribution in [2.75, 3.05) is 18.5 Å². The lowest BCUT2D eigenvalue weighted by Gasteiger charge is -2.18. The fourth-order valence-corrected chi connectivity index (χ4v) is 2.39. The van der Waals surface area contributed by atoms with Crippen LogP contribution in [-0.4, -0.2) is 31.1 Å². The van der Waals surface area contributed by atoms with Crippen LogP contribution in [0, 0.1) is 0 Å². The van der Waals surface area contributed by atoms with Crippen LogP contribution in [0.25, 0.3) is 6.08 Å². The number of allylic oxidation sites excluding steroid dienone is 1. The molecule has 1 aliphatic rings. The Morgan fingerprint density at radius 1 is 1.00 bits per heavy atom. The quantitative estimate of drug-likeness (QED) is 0.649. The summed E-state index contributed by atoms with van der Waals surface area (Å²) in [4.78, 5) is 23.3. The summed E-state index contributed by atoms with van der Waals surface area (Å²) in [6.07, 6.45) is -2.24. The maximum atomic E-state index is 12.3. The number of rotatable bonds is 4. The molecule has 0 saturated heterocycles. The van der Waals surface area contributed by atoms with Gasteiger partial charge in [0.2, 0.25) is 0 Å². The van der Waals surface area contributed by atoms with E-state index in [0.29, 0.717) is 35.8 Å². The molecule has 0 saturated carbocycles. The molecule has 0 aromatic heterocycles. The zero-order valence-electron chi connectivity index (χ0n) is 13.9. The van der Waals surface area contributed by atoms with Gasteiger partial charge < -0.3 is 14.8 Å². The minimum Gasteiger partial charge on any atom is -0.486 e. The van der Waals surface area contributed by atoms with E-state index >= 15 is 0 Å². The molecule has 1 heterocycles. The number of hydrogen-bond acceptors (Lipinski definition) is 4. The lowest BCUT2D eigenvalue weighted by atomic mass is 10.1. The monoisotopic (exact) mass is 377 g/mol. The molecule has 0 bridgehead atoms. The fraction of sp³-hybridized carbons (Fsp3) is 0.158. The van der Waals surface area contributed by atoms with Gasteiger partial charge in [0, 0.05) is 11.3 Å². The predicted molar refractivity (Wildman–Crippen MR) is 91.9 cm³/mol.